The molecule has 2 N–H and O–H groups in total. The van der Waals surface area contributed by atoms with Crippen LogP contribution in [-0.4, -0.2) is 17.1 Å². The van der Waals surface area contributed by atoms with Crippen LogP contribution >= 0.6 is 12.6 Å². The highest BCUT2D eigenvalue weighted by atomic mass is 32.1. The van der Waals surface area contributed by atoms with Crippen LogP contribution < -0.4 is 10.1 Å². The minimum atomic E-state index is -4.32. The lowest BCUT2D eigenvalue weighted by Gasteiger charge is -2.26. The van der Waals surface area contributed by atoms with E-state index in [2.05, 4.69) is 17.9 Å². The van der Waals surface area contributed by atoms with Gasteiger partial charge in [0.25, 0.3) is 0 Å². The summed E-state index contributed by atoms with van der Waals surface area (Å²) in [6, 6.07) is 10.3. The number of aryl methyl sites for hydroxylation is 1. The van der Waals surface area contributed by atoms with Gasteiger partial charge in [-0.05, 0) is 55.2 Å². The summed E-state index contributed by atoms with van der Waals surface area (Å²) in [5.74, 6) is 0.506. The minimum Gasteiger partial charge on any atom is -0.504 e. The highest BCUT2D eigenvalue weighted by Crippen LogP contribution is 2.30. The first-order chi connectivity index (χ1) is 12.1. The maximum Gasteiger partial charge on any atom is 0.416 e. The monoisotopic (exact) mass is 385 g/mol. The first-order valence-electron chi connectivity index (χ1n) is 8.10. The first kappa shape index (κ1) is 20.5. The van der Waals surface area contributed by atoms with Crippen LogP contribution in [0.25, 0.3) is 0 Å². The third kappa shape index (κ3) is 5.85. The Labute approximate surface area is 156 Å². The van der Waals surface area contributed by atoms with E-state index in [9.17, 15) is 18.3 Å². The summed E-state index contributed by atoms with van der Waals surface area (Å²) < 4.78 is 42.8. The van der Waals surface area contributed by atoms with Crippen molar-refractivity contribution < 1.29 is 23.0 Å². The number of alkyl halides is 3. The Morgan fingerprint density at radius 3 is 2.27 bits per heavy atom. The van der Waals surface area contributed by atoms with Gasteiger partial charge in [0.05, 0.1) is 17.5 Å². The number of hydrogen-bond acceptors (Lipinski definition) is 4. The highest BCUT2D eigenvalue weighted by Gasteiger charge is 2.30. The van der Waals surface area contributed by atoms with E-state index >= 15 is 0 Å². The molecule has 1 atom stereocenters. The molecular weight excluding hydrogens is 363 g/mol. The van der Waals surface area contributed by atoms with Crippen molar-refractivity contribution in [1.29, 1.82) is 0 Å². The fourth-order valence-electron chi connectivity index (χ4n) is 2.46. The quantitative estimate of drug-likeness (QED) is 0.474. The average molecular weight is 385 g/mol. The van der Waals surface area contributed by atoms with Crippen molar-refractivity contribution in [2.24, 2.45) is 0 Å². The molecule has 3 nitrogen and oxygen atoms in total. The van der Waals surface area contributed by atoms with E-state index in [1.165, 1.54) is 19.2 Å². The van der Waals surface area contributed by atoms with E-state index in [1.54, 1.807) is 12.1 Å². The molecule has 7 heteroatoms. The molecule has 0 aliphatic rings. The van der Waals surface area contributed by atoms with Crippen LogP contribution in [0.2, 0.25) is 0 Å². The molecule has 0 aromatic heterocycles. The largest absolute Gasteiger partial charge is 0.504 e. The summed E-state index contributed by atoms with van der Waals surface area (Å²) in [6.45, 7) is 2.33. The van der Waals surface area contributed by atoms with Crippen LogP contribution in [0.4, 0.5) is 13.2 Å². The molecule has 0 saturated heterocycles. The molecule has 0 bridgehead atoms. The number of phenols is 1. The van der Waals surface area contributed by atoms with E-state index in [1.807, 2.05) is 13.0 Å². The van der Waals surface area contributed by atoms with E-state index in [-0.39, 0.29) is 5.75 Å². The third-order valence-electron chi connectivity index (χ3n) is 4.10. The smallest absolute Gasteiger partial charge is 0.416 e. The lowest BCUT2D eigenvalue weighted by molar-refractivity contribution is -0.137. The molecule has 0 aliphatic heterocycles. The molecule has 0 aliphatic carbocycles. The fourth-order valence-corrected chi connectivity index (χ4v) is 2.65. The SMILES string of the molecule is COc1cc(CCC(C)(S)NCc2ccc(C(F)(F)F)cc2)ccc1O. The molecule has 1 unspecified atom stereocenters. The van der Waals surface area contributed by atoms with Crippen molar-refractivity contribution in [3.63, 3.8) is 0 Å². The van der Waals surface area contributed by atoms with Crippen LogP contribution in [0.5, 0.6) is 11.5 Å². The molecule has 0 fully saturated rings. The maximum atomic E-state index is 12.6. The van der Waals surface area contributed by atoms with Gasteiger partial charge < -0.3 is 9.84 Å². The average Bonchev–Trinajstić information content (AvgIpc) is 2.59. The summed E-state index contributed by atoms with van der Waals surface area (Å²) in [6.07, 6.45) is -2.93. The number of aromatic hydroxyl groups is 1. The second-order valence-electron chi connectivity index (χ2n) is 6.33. The topological polar surface area (TPSA) is 41.5 Å². The number of halogens is 3. The van der Waals surface area contributed by atoms with E-state index in [0.29, 0.717) is 25.1 Å². The van der Waals surface area contributed by atoms with Crippen LogP contribution in [-0.2, 0) is 19.1 Å². The predicted molar refractivity (Wildman–Crippen MR) is 98.7 cm³/mol. The Morgan fingerprint density at radius 1 is 1.08 bits per heavy atom. The molecule has 0 heterocycles. The lowest BCUT2D eigenvalue weighted by atomic mass is 10.0. The van der Waals surface area contributed by atoms with Gasteiger partial charge >= 0.3 is 6.18 Å². The Morgan fingerprint density at radius 2 is 1.69 bits per heavy atom. The Balaban J connectivity index is 1.90. The van der Waals surface area contributed by atoms with Gasteiger partial charge in [0, 0.05) is 6.54 Å². The van der Waals surface area contributed by atoms with Gasteiger partial charge in [0.2, 0.25) is 0 Å². The number of thiol groups is 1. The fraction of sp³-hybridized carbons (Fsp3) is 0.368. The molecule has 2 rings (SSSR count). The van der Waals surface area contributed by atoms with Crippen molar-refractivity contribution >= 4 is 12.6 Å². The van der Waals surface area contributed by atoms with Crippen LogP contribution in [0.3, 0.4) is 0 Å². The van der Waals surface area contributed by atoms with Crippen molar-refractivity contribution in [3.05, 3.63) is 59.2 Å². The van der Waals surface area contributed by atoms with Crippen molar-refractivity contribution in [2.45, 2.75) is 37.4 Å². The zero-order valence-electron chi connectivity index (χ0n) is 14.6. The van der Waals surface area contributed by atoms with Crippen LogP contribution in [0.15, 0.2) is 42.5 Å². The molecule has 142 valence electrons. The second-order valence-corrected chi connectivity index (χ2v) is 7.32. The van der Waals surface area contributed by atoms with E-state index in [4.69, 9.17) is 4.74 Å². The summed E-state index contributed by atoms with van der Waals surface area (Å²) in [4.78, 5) is -0.506. The van der Waals surface area contributed by atoms with Gasteiger partial charge in [-0.2, -0.15) is 25.8 Å². The maximum absolute atomic E-state index is 12.6. The standard InChI is InChI=1S/C19H22F3NO2S/c1-18(26,10-9-13-5-8-16(24)17(11-13)25-2)23-12-14-3-6-15(7-4-14)19(20,21)22/h3-8,11,23-24,26H,9-10,12H2,1-2H3. The third-order valence-corrected chi connectivity index (χ3v) is 4.48. The number of phenolic OH excluding ortho intramolecular Hbond substituents is 1. The molecule has 2 aromatic rings. The molecule has 0 radical (unpaired) electrons. The highest BCUT2D eigenvalue weighted by molar-refractivity contribution is 7.81. The normalized spacial score (nSPS) is 14.1. The second kappa shape index (κ2) is 8.22. The number of hydrogen-bond donors (Lipinski definition) is 3. The number of rotatable bonds is 7. The number of nitrogens with one attached hydrogen (secondary N) is 1. The van der Waals surface area contributed by atoms with Gasteiger partial charge in [-0.15, -0.1) is 0 Å². The number of methoxy groups -OCH3 is 1. The summed E-state index contributed by atoms with van der Waals surface area (Å²) in [5.41, 5.74) is 1.09. The summed E-state index contributed by atoms with van der Waals surface area (Å²) in [5, 5.41) is 12.9. The van der Waals surface area contributed by atoms with Gasteiger partial charge in [-0.25, -0.2) is 0 Å². The van der Waals surface area contributed by atoms with Gasteiger partial charge in [0.15, 0.2) is 11.5 Å². The molecule has 0 spiro atoms. The lowest BCUT2D eigenvalue weighted by Crippen LogP contribution is -2.36. The van der Waals surface area contributed by atoms with Crippen LogP contribution in [0.1, 0.15) is 30.0 Å². The number of benzene rings is 2. The Bertz CT molecular complexity index is 731. The van der Waals surface area contributed by atoms with Crippen LogP contribution in [0, 0.1) is 0 Å². The summed E-state index contributed by atoms with van der Waals surface area (Å²) in [7, 11) is 1.49. The van der Waals surface area contributed by atoms with Gasteiger partial charge in [-0.1, -0.05) is 18.2 Å². The zero-order valence-corrected chi connectivity index (χ0v) is 15.5. The molecule has 0 amide bonds. The van der Waals surface area contributed by atoms with Crippen molar-refractivity contribution in [1.82, 2.24) is 5.32 Å². The van der Waals surface area contributed by atoms with Crippen molar-refractivity contribution in [2.75, 3.05) is 7.11 Å². The molecular formula is C19H22F3NO2S. The van der Waals surface area contributed by atoms with E-state index < -0.39 is 16.6 Å². The first-order valence-corrected chi connectivity index (χ1v) is 8.55. The zero-order chi connectivity index (χ0) is 19.4. The Kier molecular flexibility index (Phi) is 6.47. The van der Waals surface area contributed by atoms with Crippen molar-refractivity contribution in [3.8, 4) is 11.5 Å². The molecule has 0 saturated carbocycles. The number of ether oxygens (including phenoxy) is 1. The minimum absolute atomic E-state index is 0.0883. The van der Waals surface area contributed by atoms with E-state index in [0.717, 1.165) is 23.3 Å². The molecule has 26 heavy (non-hydrogen) atoms. The Hall–Kier alpha value is -1.86. The predicted octanol–water partition coefficient (Wildman–Crippen LogP) is 4.79. The van der Waals surface area contributed by atoms with Gasteiger partial charge in [-0.3, -0.25) is 5.32 Å². The summed E-state index contributed by atoms with van der Waals surface area (Å²) >= 11 is 4.61. The molecule has 2 aromatic carbocycles. The van der Waals surface area contributed by atoms with Gasteiger partial charge in [0.1, 0.15) is 0 Å².